The van der Waals surface area contributed by atoms with Crippen LogP contribution < -0.4 is 10.4 Å². The van der Waals surface area contributed by atoms with Crippen LogP contribution in [0.1, 0.15) is 15.9 Å². The second-order valence-electron chi connectivity index (χ2n) is 3.95. The molecule has 19 heavy (non-hydrogen) atoms. The molecule has 2 aromatic rings. The van der Waals surface area contributed by atoms with E-state index in [4.69, 9.17) is 14.3 Å². The van der Waals surface area contributed by atoms with Gasteiger partial charge in [-0.3, -0.25) is 0 Å². The lowest BCUT2D eigenvalue weighted by atomic mass is 10.1. The van der Waals surface area contributed by atoms with Crippen molar-refractivity contribution in [3.05, 3.63) is 52.4 Å². The van der Waals surface area contributed by atoms with Crippen LogP contribution in [0.5, 0.6) is 5.75 Å². The Bertz CT molecular complexity index is 712. The molecule has 0 unspecified atom stereocenters. The van der Waals surface area contributed by atoms with Gasteiger partial charge in [-0.2, -0.15) is 0 Å². The monoisotopic (exact) mass is 260 g/mol. The van der Waals surface area contributed by atoms with Crippen LogP contribution in [0, 0.1) is 6.92 Å². The number of aryl methyl sites for hydroxylation is 1. The summed E-state index contributed by atoms with van der Waals surface area (Å²) in [4.78, 5) is 22.6. The normalized spacial score (nSPS) is 10.4. The Kier molecular flexibility index (Phi) is 3.37. The Morgan fingerprint density at radius 3 is 2.89 bits per heavy atom. The number of benzene rings is 1. The number of fused-ring (bicyclic) bond motifs is 1. The van der Waals surface area contributed by atoms with E-state index in [0.717, 1.165) is 0 Å². The predicted octanol–water partition coefficient (Wildman–Crippen LogP) is 2.36. The first-order valence-electron chi connectivity index (χ1n) is 5.59. The molecule has 0 aliphatic heterocycles. The molecule has 0 radical (unpaired) electrons. The lowest BCUT2D eigenvalue weighted by Crippen LogP contribution is -2.15. The maximum atomic E-state index is 11.6. The molecule has 0 saturated heterocycles. The molecule has 0 amide bonds. The molecule has 1 heterocycles. The molecule has 0 bridgehead atoms. The number of ether oxygens (including phenoxy) is 1. The van der Waals surface area contributed by atoms with E-state index in [0.29, 0.717) is 28.9 Å². The number of hydrogen-bond acceptors (Lipinski definition) is 4. The van der Waals surface area contributed by atoms with Crippen molar-refractivity contribution < 1.29 is 19.1 Å². The smallest absolute Gasteiger partial charge is 0.351 e. The Morgan fingerprint density at radius 2 is 2.26 bits per heavy atom. The average molecular weight is 260 g/mol. The van der Waals surface area contributed by atoms with Crippen molar-refractivity contribution in [3.8, 4) is 5.75 Å². The predicted molar refractivity (Wildman–Crippen MR) is 69.9 cm³/mol. The minimum atomic E-state index is -1.29. The topological polar surface area (TPSA) is 76.7 Å². The number of carbonyl (C=O) groups is 1. The third-order valence-electron chi connectivity index (χ3n) is 2.72. The SMILES string of the molecule is C=CCOc1ccc2c(C)c(C(=O)O)c(=O)oc2c1. The molecule has 98 valence electrons. The fourth-order valence-electron chi connectivity index (χ4n) is 1.83. The van der Waals surface area contributed by atoms with Gasteiger partial charge in [0.05, 0.1) is 0 Å². The van der Waals surface area contributed by atoms with E-state index in [1.807, 2.05) is 0 Å². The molecule has 1 N–H and O–H groups in total. The molecule has 5 heteroatoms. The van der Waals surface area contributed by atoms with Gasteiger partial charge in [0.15, 0.2) is 0 Å². The summed E-state index contributed by atoms with van der Waals surface area (Å²) in [6.45, 7) is 5.45. The molecular formula is C14H12O5. The third kappa shape index (κ3) is 2.35. The minimum Gasteiger partial charge on any atom is -0.489 e. The second kappa shape index (κ2) is 4.97. The average Bonchev–Trinajstić information content (AvgIpc) is 2.35. The van der Waals surface area contributed by atoms with E-state index in [2.05, 4.69) is 6.58 Å². The van der Waals surface area contributed by atoms with Crippen molar-refractivity contribution in [1.82, 2.24) is 0 Å². The molecular weight excluding hydrogens is 248 g/mol. The van der Waals surface area contributed by atoms with Crippen LogP contribution in [0.4, 0.5) is 0 Å². The maximum Gasteiger partial charge on any atom is 0.351 e. The zero-order chi connectivity index (χ0) is 14.0. The fraction of sp³-hybridized carbons (Fsp3) is 0.143. The standard InChI is InChI=1S/C14H12O5/c1-3-6-18-9-4-5-10-8(2)12(13(15)16)14(17)19-11(10)7-9/h3-5,7H,1,6H2,2H3,(H,15,16). The Hall–Kier alpha value is -2.56. The molecule has 0 aliphatic rings. The summed E-state index contributed by atoms with van der Waals surface area (Å²) >= 11 is 0. The van der Waals surface area contributed by atoms with Gasteiger partial charge in [0.1, 0.15) is 23.5 Å². The Balaban J connectivity index is 2.63. The van der Waals surface area contributed by atoms with Crippen LogP contribution in [0.3, 0.4) is 0 Å². The van der Waals surface area contributed by atoms with Crippen LogP contribution >= 0.6 is 0 Å². The summed E-state index contributed by atoms with van der Waals surface area (Å²) in [6.07, 6.45) is 1.60. The fourth-order valence-corrected chi connectivity index (χ4v) is 1.83. The van der Waals surface area contributed by atoms with Gasteiger partial charge in [0.2, 0.25) is 0 Å². The lowest BCUT2D eigenvalue weighted by Gasteiger charge is -2.07. The van der Waals surface area contributed by atoms with Gasteiger partial charge in [-0.05, 0) is 24.6 Å². The summed E-state index contributed by atoms with van der Waals surface area (Å²) in [5.74, 6) is -0.766. The Morgan fingerprint density at radius 1 is 1.53 bits per heavy atom. The van der Waals surface area contributed by atoms with E-state index < -0.39 is 11.6 Å². The Labute approximate surface area is 108 Å². The van der Waals surface area contributed by atoms with Crippen LogP contribution in [0.25, 0.3) is 11.0 Å². The van der Waals surface area contributed by atoms with Crippen molar-refractivity contribution in [3.63, 3.8) is 0 Å². The number of hydrogen-bond donors (Lipinski definition) is 1. The molecule has 1 aromatic carbocycles. The number of carboxylic acid groups (broad SMARTS) is 1. The van der Waals surface area contributed by atoms with E-state index in [1.165, 1.54) is 0 Å². The first kappa shape index (κ1) is 12.9. The van der Waals surface area contributed by atoms with Crippen molar-refractivity contribution in [2.24, 2.45) is 0 Å². The van der Waals surface area contributed by atoms with Gasteiger partial charge in [-0.1, -0.05) is 12.7 Å². The van der Waals surface area contributed by atoms with Gasteiger partial charge >= 0.3 is 11.6 Å². The molecule has 0 fully saturated rings. The quantitative estimate of drug-likeness (QED) is 0.674. The molecule has 1 aromatic heterocycles. The van der Waals surface area contributed by atoms with Crippen molar-refractivity contribution >= 4 is 16.9 Å². The van der Waals surface area contributed by atoms with E-state index >= 15 is 0 Å². The highest BCUT2D eigenvalue weighted by atomic mass is 16.5. The highest BCUT2D eigenvalue weighted by Gasteiger charge is 2.17. The van der Waals surface area contributed by atoms with Crippen LogP contribution in [-0.2, 0) is 0 Å². The molecule has 2 rings (SSSR count). The zero-order valence-electron chi connectivity index (χ0n) is 10.3. The summed E-state index contributed by atoms with van der Waals surface area (Å²) in [7, 11) is 0. The maximum absolute atomic E-state index is 11.6. The highest BCUT2D eigenvalue weighted by Crippen LogP contribution is 2.24. The van der Waals surface area contributed by atoms with Crippen LogP contribution in [-0.4, -0.2) is 17.7 Å². The van der Waals surface area contributed by atoms with Crippen LogP contribution in [0.15, 0.2) is 40.1 Å². The highest BCUT2D eigenvalue weighted by molar-refractivity contribution is 5.95. The van der Waals surface area contributed by atoms with Gasteiger partial charge < -0.3 is 14.3 Å². The molecule has 0 spiro atoms. The molecule has 5 nitrogen and oxygen atoms in total. The largest absolute Gasteiger partial charge is 0.489 e. The van der Waals surface area contributed by atoms with Gasteiger partial charge in [-0.25, -0.2) is 9.59 Å². The van der Waals surface area contributed by atoms with Crippen molar-refractivity contribution in [2.45, 2.75) is 6.92 Å². The summed E-state index contributed by atoms with van der Waals surface area (Å²) < 4.78 is 10.3. The van der Waals surface area contributed by atoms with Crippen molar-refractivity contribution in [2.75, 3.05) is 6.61 Å². The lowest BCUT2D eigenvalue weighted by molar-refractivity contribution is 0.0691. The van der Waals surface area contributed by atoms with E-state index in [9.17, 15) is 9.59 Å². The van der Waals surface area contributed by atoms with Gasteiger partial charge in [0, 0.05) is 11.5 Å². The molecule has 0 atom stereocenters. The number of carboxylic acids is 1. The van der Waals surface area contributed by atoms with E-state index in [1.54, 1.807) is 31.2 Å². The number of rotatable bonds is 4. The first-order chi connectivity index (χ1) is 9.04. The second-order valence-corrected chi connectivity index (χ2v) is 3.95. The van der Waals surface area contributed by atoms with Crippen molar-refractivity contribution in [1.29, 1.82) is 0 Å². The summed E-state index contributed by atoms with van der Waals surface area (Å²) in [5, 5.41) is 9.55. The van der Waals surface area contributed by atoms with Gasteiger partial charge in [0.25, 0.3) is 0 Å². The number of aromatic carboxylic acids is 1. The summed E-state index contributed by atoms with van der Waals surface area (Å²) in [5.41, 5.74) is -0.520. The van der Waals surface area contributed by atoms with E-state index in [-0.39, 0.29) is 5.56 Å². The third-order valence-corrected chi connectivity index (χ3v) is 2.72. The first-order valence-corrected chi connectivity index (χ1v) is 5.59. The zero-order valence-corrected chi connectivity index (χ0v) is 10.3. The molecule has 0 saturated carbocycles. The summed E-state index contributed by atoms with van der Waals surface area (Å²) in [6, 6.07) is 4.90. The van der Waals surface area contributed by atoms with Crippen LogP contribution in [0.2, 0.25) is 0 Å². The van der Waals surface area contributed by atoms with Gasteiger partial charge in [-0.15, -0.1) is 0 Å². The molecule has 0 aliphatic carbocycles. The minimum absolute atomic E-state index is 0.300.